The second-order valence-electron chi connectivity index (χ2n) is 5.19. The Morgan fingerprint density at radius 2 is 2.29 bits per heavy atom. The number of carbonyl (C=O) groups is 1. The molecule has 0 fully saturated rings. The fraction of sp³-hybridized carbons (Fsp3) is 0.357. The van der Waals surface area contributed by atoms with Crippen LogP contribution < -0.4 is 5.73 Å². The van der Waals surface area contributed by atoms with Crippen molar-refractivity contribution < 1.29 is 4.79 Å². The summed E-state index contributed by atoms with van der Waals surface area (Å²) in [7, 11) is 1.77. The van der Waals surface area contributed by atoms with Crippen LogP contribution in [0.4, 0.5) is 5.69 Å². The maximum atomic E-state index is 12.4. The number of anilines is 1. The third kappa shape index (κ3) is 2.65. The molecule has 0 aliphatic carbocycles. The van der Waals surface area contributed by atoms with E-state index in [1.54, 1.807) is 30.1 Å². The Hall–Kier alpha value is -1.89. The zero-order valence-corrected chi connectivity index (χ0v) is 13.3. The van der Waals surface area contributed by atoms with Crippen LogP contribution in [0.5, 0.6) is 0 Å². The molecule has 0 bridgehead atoms. The summed E-state index contributed by atoms with van der Waals surface area (Å²) in [5.41, 5.74) is 6.95. The zero-order valence-electron chi connectivity index (χ0n) is 11.7. The normalized spacial score (nSPS) is 13.2. The van der Waals surface area contributed by atoms with Crippen LogP contribution in [-0.2, 0) is 19.5 Å². The maximum Gasteiger partial charge on any atom is 0.254 e. The second kappa shape index (κ2) is 5.48. The third-order valence-corrected chi connectivity index (χ3v) is 4.35. The first-order chi connectivity index (χ1) is 10.1. The number of carbonyl (C=O) groups excluding carboxylic acids is 1. The Kier molecular flexibility index (Phi) is 3.67. The SMILES string of the molecule is CN(Cc1nnc2n1CCC2)C(=O)c1ccc(N)c(Br)c1. The van der Waals surface area contributed by atoms with Crippen molar-refractivity contribution in [1.29, 1.82) is 0 Å². The number of nitrogen functional groups attached to an aromatic ring is 1. The Morgan fingerprint density at radius 3 is 3.05 bits per heavy atom. The van der Waals surface area contributed by atoms with E-state index in [-0.39, 0.29) is 5.91 Å². The second-order valence-corrected chi connectivity index (χ2v) is 6.04. The van der Waals surface area contributed by atoms with E-state index in [0.717, 1.165) is 35.5 Å². The van der Waals surface area contributed by atoms with Gasteiger partial charge in [-0.15, -0.1) is 10.2 Å². The number of fused-ring (bicyclic) bond motifs is 1. The Morgan fingerprint density at radius 1 is 1.48 bits per heavy atom. The van der Waals surface area contributed by atoms with Crippen LogP contribution in [0.3, 0.4) is 0 Å². The van der Waals surface area contributed by atoms with Gasteiger partial charge in [-0.2, -0.15) is 0 Å². The summed E-state index contributed by atoms with van der Waals surface area (Å²) in [6.45, 7) is 1.39. The highest BCUT2D eigenvalue weighted by molar-refractivity contribution is 9.10. The van der Waals surface area contributed by atoms with Gasteiger partial charge in [-0.1, -0.05) is 0 Å². The van der Waals surface area contributed by atoms with E-state index in [4.69, 9.17) is 5.73 Å². The predicted octanol–water partition coefficient (Wildman–Crippen LogP) is 1.84. The van der Waals surface area contributed by atoms with Crippen molar-refractivity contribution >= 4 is 27.5 Å². The van der Waals surface area contributed by atoms with Crippen molar-refractivity contribution in [2.75, 3.05) is 12.8 Å². The lowest BCUT2D eigenvalue weighted by Gasteiger charge is -2.17. The molecular weight excluding hydrogens is 334 g/mol. The van der Waals surface area contributed by atoms with Crippen molar-refractivity contribution in [3.8, 4) is 0 Å². The summed E-state index contributed by atoms with van der Waals surface area (Å²) in [6, 6.07) is 5.19. The smallest absolute Gasteiger partial charge is 0.254 e. The molecule has 1 aliphatic rings. The molecule has 0 unspecified atom stereocenters. The summed E-state index contributed by atoms with van der Waals surface area (Å²) < 4.78 is 2.83. The zero-order chi connectivity index (χ0) is 15.0. The van der Waals surface area contributed by atoms with E-state index in [1.165, 1.54) is 0 Å². The lowest BCUT2D eigenvalue weighted by atomic mass is 10.2. The molecule has 6 nitrogen and oxygen atoms in total. The van der Waals surface area contributed by atoms with Crippen molar-refractivity contribution in [2.24, 2.45) is 0 Å². The van der Waals surface area contributed by atoms with Gasteiger partial charge < -0.3 is 15.2 Å². The molecule has 21 heavy (non-hydrogen) atoms. The number of nitrogens with two attached hydrogens (primary N) is 1. The number of amides is 1. The Bertz CT molecular complexity index is 697. The van der Waals surface area contributed by atoms with Gasteiger partial charge in [0, 0.05) is 35.7 Å². The molecule has 0 atom stereocenters. The quantitative estimate of drug-likeness (QED) is 0.857. The number of aromatic nitrogens is 3. The average Bonchev–Trinajstić information content (AvgIpc) is 3.06. The summed E-state index contributed by atoms with van der Waals surface area (Å²) in [5.74, 6) is 1.79. The molecule has 1 amide bonds. The lowest BCUT2D eigenvalue weighted by molar-refractivity contribution is 0.0780. The molecule has 3 rings (SSSR count). The van der Waals surface area contributed by atoms with Crippen LogP contribution in [0.15, 0.2) is 22.7 Å². The summed E-state index contributed by atoms with van der Waals surface area (Å²) in [4.78, 5) is 14.1. The summed E-state index contributed by atoms with van der Waals surface area (Å²) >= 11 is 3.34. The van der Waals surface area contributed by atoms with E-state index >= 15 is 0 Å². The van der Waals surface area contributed by atoms with Crippen molar-refractivity contribution in [1.82, 2.24) is 19.7 Å². The van der Waals surface area contributed by atoms with Gasteiger partial charge in [0.1, 0.15) is 5.82 Å². The number of rotatable bonds is 3. The molecule has 0 saturated carbocycles. The maximum absolute atomic E-state index is 12.4. The first-order valence-electron chi connectivity index (χ1n) is 6.77. The van der Waals surface area contributed by atoms with E-state index in [1.807, 2.05) is 0 Å². The first-order valence-corrected chi connectivity index (χ1v) is 7.57. The van der Waals surface area contributed by atoms with Crippen LogP contribution in [0, 0.1) is 0 Å². The van der Waals surface area contributed by atoms with Gasteiger partial charge in [0.25, 0.3) is 5.91 Å². The molecule has 7 heteroatoms. The van der Waals surface area contributed by atoms with Gasteiger partial charge in [0.2, 0.25) is 0 Å². The first kappa shape index (κ1) is 14.1. The van der Waals surface area contributed by atoms with Gasteiger partial charge >= 0.3 is 0 Å². The number of halogens is 1. The molecule has 110 valence electrons. The molecule has 1 aromatic carbocycles. The van der Waals surface area contributed by atoms with Gasteiger partial charge in [-0.05, 0) is 40.5 Å². The van der Waals surface area contributed by atoms with Gasteiger partial charge in [-0.25, -0.2) is 0 Å². The van der Waals surface area contributed by atoms with Crippen LogP contribution in [-0.4, -0.2) is 32.6 Å². The Labute approximate surface area is 131 Å². The van der Waals surface area contributed by atoms with Gasteiger partial charge in [0.15, 0.2) is 5.82 Å². The molecule has 1 aromatic heterocycles. The molecule has 0 saturated heterocycles. The average molecular weight is 350 g/mol. The molecular formula is C14H16BrN5O. The highest BCUT2D eigenvalue weighted by atomic mass is 79.9. The molecule has 2 heterocycles. The monoisotopic (exact) mass is 349 g/mol. The largest absolute Gasteiger partial charge is 0.398 e. The van der Waals surface area contributed by atoms with Gasteiger partial charge in [0.05, 0.1) is 6.54 Å². The van der Waals surface area contributed by atoms with E-state index < -0.39 is 0 Å². The highest BCUT2D eigenvalue weighted by Crippen LogP contribution is 2.22. The number of hydrogen-bond donors (Lipinski definition) is 1. The van der Waals surface area contributed by atoms with Crippen molar-refractivity contribution in [3.63, 3.8) is 0 Å². The fourth-order valence-electron chi connectivity index (χ4n) is 2.49. The van der Waals surface area contributed by atoms with Crippen LogP contribution >= 0.6 is 15.9 Å². The number of aryl methyl sites for hydroxylation is 1. The third-order valence-electron chi connectivity index (χ3n) is 3.66. The molecule has 0 radical (unpaired) electrons. The predicted molar refractivity (Wildman–Crippen MR) is 82.7 cm³/mol. The minimum Gasteiger partial charge on any atom is -0.398 e. The van der Waals surface area contributed by atoms with E-state index in [2.05, 4.69) is 30.7 Å². The Balaban J connectivity index is 1.76. The van der Waals surface area contributed by atoms with Crippen LogP contribution in [0.1, 0.15) is 28.4 Å². The van der Waals surface area contributed by atoms with Crippen molar-refractivity contribution in [2.45, 2.75) is 25.9 Å². The number of nitrogens with zero attached hydrogens (tertiary/aromatic N) is 4. The minimum absolute atomic E-state index is 0.0638. The van der Waals surface area contributed by atoms with Crippen LogP contribution in [0.2, 0.25) is 0 Å². The number of hydrogen-bond acceptors (Lipinski definition) is 4. The standard InChI is InChI=1S/C14H16BrN5O/c1-19(8-13-18-17-12-3-2-6-20(12)13)14(21)9-4-5-11(16)10(15)7-9/h4-5,7H,2-3,6,8,16H2,1H3. The highest BCUT2D eigenvalue weighted by Gasteiger charge is 2.20. The summed E-state index contributed by atoms with van der Waals surface area (Å²) in [6.07, 6.45) is 2.07. The molecule has 1 aliphatic heterocycles. The van der Waals surface area contributed by atoms with Crippen LogP contribution in [0.25, 0.3) is 0 Å². The molecule has 2 aromatic rings. The molecule has 0 spiro atoms. The number of benzene rings is 1. The fourth-order valence-corrected chi connectivity index (χ4v) is 2.87. The van der Waals surface area contributed by atoms with Gasteiger partial charge in [-0.3, -0.25) is 4.79 Å². The lowest BCUT2D eigenvalue weighted by Crippen LogP contribution is -2.27. The van der Waals surface area contributed by atoms with E-state index in [0.29, 0.717) is 17.8 Å². The van der Waals surface area contributed by atoms with E-state index in [9.17, 15) is 4.79 Å². The topological polar surface area (TPSA) is 77.0 Å². The van der Waals surface area contributed by atoms with Crippen molar-refractivity contribution in [3.05, 3.63) is 39.9 Å². The summed E-state index contributed by atoms with van der Waals surface area (Å²) in [5, 5.41) is 8.33. The minimum atomic E-state index is -0.0638. The molecule has 2 N–H and O–H groups in total.